The highest BCUT2D eigenvalue weighted by Crippen LogP contribution is 2.44. The van der Waals surface area contributed by atoms with E-state index in [1.165, 1.54) is 0 Å². The van der Waals surface area contributed by atoms with Crippen molar-refractivity contribution < 1.29 is 4.57 Å². The lowest BCUT2D eigenvalue weighted by Crippen LogP contribution is -2.24. The van der Waals surface area contributed by atoms with Crippen LogP contribution in [0.1, 0.15) is 0 Å². The third kappa shape index (κ3) is 4.66. The van der Waals surface area contributed by atoms with Crippen LogP contribution < -0.4 is 15.9 Å². The molecule has 45 heavy (non-hydrogen) atoms. The summed E-state index contributed by atoms with van der Waals surface area (Å²) in [5.41, 5.74) is 3.71. The van der Waals surface area contributed by atoms with Crippen LogP contribution in [-0.4, -0.2) is 19.5 Å². The first kappa shape index (κ1) is 26.9. The molecule has 8 rings (SSSR count). The fraction of sp³-hybridized carbons (Fsp3) is 0. The second-order valence-electron chi connectivity index (χ2n) is 10.8. The van der Waals surface area contributed by atoms with Gasteiger partial charge in [0.25, 0.3) is 0 Å². The van der Waals surface area contributed by atoms with Gasteiger partial charge in [0.15, 0.2) is 18.8 Å². The zero-order valence-electron chi connectivity index (χ0n) is 24.2. The predicted octanol–water partition coefficient (Wildman–Crippen LogP) is 7.94. The molecule has 8 aromatic rings. The molecule has 0 aliphatic heterocycles. The monoisotopic (exact) mass is 598 g/mol. The number of para-hydroxylation sites is 1. The number of hydrogen-bond acceptors (Lipinski definition) is 4. The highest BCUT2D eigenvalue weighted by Gasteiger charge is 2.30. The van der Waals surface area contributed by atoms with Crippen LogP contribution in [-0.2, 0) is 4.57 Å². The molecule has 0 aliphatic carbocycles. The lowest BCUT2D eigenvalue weighted by molar-refractivity contribution is 0.592. The fourth-order valence-electron chi connectivity index (χ4n) is 5.99. The topological polar surface area (TPSA) is 60.7 Å². The Kier molecular flexibility index (Phi) is 6.66. The van der Waals surface area contributed by atoms with Gasteiger partial charge >= 0.3 is 0 Å². The van der Waals surface area contributed by atoms with Crippen molar-refractivity contribution in [2.45, 2.75) is 0 Å². The molecular weight excluding hydrogens is 571 g/mol. The lowest BCUT2D eigenvalue weighted by atomic mass is 10.1. The number of fused-ring (bicyclic) bond motifs is 3. The van der Waals surface area contributed by atoms with Gasteiger partial charge in [0.05, 0.1) is 11.0 Å². The molecule has 0 saturated heterocycles. The highest BCUT2D eigenvalue weighted by molar-refractivity contribution is 7.85. The molecule has 0 N–H and O–H groups in total. The van der Waals surface area contributed by atoms with Gasteiger partial charge in [-0.1, -0.05) is 140 Å². The van der Waals surface area contributed by atoms with Crippen molar-refractivity contribution in [3.8, 4) is 28.7 Å². The van der Waals surface area contributed by atoms with Crippen LogP contribution in [0.4, 0.5) is 0 Å². The third-order valence-electron chi connectivity index (χ3n) is 8.15. The molecular formula is C39H27N4OP. The Morgan fingerprint density at radius 3 is 1.44 bits per heavy atom. The van der Waals surface area contributed by atoms with Crippen LogP contribution in [0.2, 0.25) is 0 Å². The Morgan fingerprint density at radius 1 is 0.422 bits per heavy atom. The average Bonchev–Trinajstić information content (AvgIpc) is 3.46. The number of benzene rings is 6. The molecule has 0 bridgehead atoms. The van der Waals surface area contributed by atoms with Crippen molar-refractivity contribution in [1.29, 1.82) is 0 Å². The molecule has 0 fully saturated rings. The molecule has 0 spiro atoms. The lowest BCUT2D eigenvalue weighted by Gasteiger charge is -2.20. The minimum absolute atomic E-state index is 0.524. The number of rotatable bonds is 6. The van der Waals surface area contributed by atoms with Gasteiger partial charge in [-0.2, -0.15) is 9.97 Å². The van der Waals surface area contributed by atoms with Gasteiger partial charge in [-0.15, -0.1) is 0 Å². The highest BCUT2D eigenvalue weighted by atomic mass is 31.2. The Morgan fingerprint density at radius 2 is 0.889 bits per heavy atom. The second-order valence-corrected chi connectivity index (χ2v) is 13.6. The molecule has 2 aromatic heterocycles. The molecule has 0 aliphatic rings. The summed E-state index contributed by atoms with van der Waals surface area (Å²) in [7, 11) is -3.17. The molecule has 5 nitrogen and oxygen atoms in total. The molecule has 0 amide bonds. The van der Waals surface area contributed by atoms with E-state index in [1.54, 1.807) is 0 Å². The molecule has 0 atom stereocenters. The fourth-order valence-corrected chi connectivity index (χ4v) is 8.67. The first-order valence-electron chi connectivity index (χ1n) is 14.8. The number of nitrogens with zero attached hydrogens (tertiary/aromatic N) is 4. The SMILES string of the molecule is O=P(c1ccccc1)(c1ccccc1)c1ccc2c(c1)c1ccccc1n2-c1nc(-c2ccccc2)nc(-c2ccccc2)n1. The summed E-state index contributed by atoms with van der Waals surface area (Å²) >= 11 is 0. The molecule has 0 radical (unpaired) electrons. The van der Waals surface area contributed by atoms with Gasteiger partial charge in [-0.05, 0) is 24.3 Å². The van der Waals surface area contributed by atoms with Crippen molar-refractivity contribution in [3.63, 3.8) is 0 Å². The molecule has 6 heteroatoms. The van der Waals surface area contributed by atoms with E-state index < -0.39 is 7.14 Å². The van der Waals surface area contributed by atoms with Crippen LogP contribution in [0.5, 0.6) is 0 Å². The predicted molar refractivity (Wildman–Crippen MR) is 184 cm³/mol. The van der Waals surface area contributed by atoms with Crippen LogP contribution in [0.25, 0.3) is 50.5 Å². The first-order valence-corrected chi connectivity index (χ1v) is 16.5. The number of hydrogen-bond donors (Lipinski definition) is 0. The van der Waals surface area contributed by atoms with Gasteiger partial charge < -0.3 is 4.57 Å². The van der Waals surface area contributed by atoms with Gasteiger partial charge in [-0.25, -0.2) is 4.98 Å². The maximum atomic E-state index is 15.2. The quantitative estimate of drug-likeness (QED) is 0.182. The molecule has 0 unspecified atom stereocenters. The maximum absolute atomic E-state index is 15.2. The van der Waals surface area contributed by atoms with Crippen molar-refractivity contribution in [2.75, 3.05) is 0 Å². The van der Waals surface area contributed by atoms with E-state index in [0.717, 1.165) is 48.8 Å². The Labute approximate surface area is 260 Å². The van der Waals surface area contributed by atoms with Crippen LogP contribution in [0.3, 0.4) is 0 Å². The third-order valence-corrected chi connectivity index (χ3v) is 11.2. The van der Waals surface area contributed by atoms with E-state index in [9.17, 15) is 0 Å². The normalized spacial score (nSPS) is 11.6. The van der Waals surface area contributed by atoms with Gasteiger partial charge in [0.2, 0.25) is 5.95 Å². The van der Waals surface area contributed by atoms with E-state index in [1.807, 2.05) is 140 Å². The van der Waals surface area contributed by atoms with Crippen LogP contribution in [0.15, 0.2) is 164 Å². The summed E-state index contributed by atoms with van der Waals surface area (Å²) in [6.07, 6.45) is 0. The number of aromatic nitrogens is 4. The summed E-state index contributed by atoms with van der Waals surface area (Å²) in [4.78, 5) is 14.9. The van der Waals surface area contributed by atoms with Crippen molar-refractivity contribution in [2.24, 2.45) is 0 Å². The zero-order chi connectivity index (χ0) is 30.2. The summed E-state index contributed by atoms with van der Waals surface area (Å²) in [5.74, 6) is 1.72. The average molecular weight is 599 g/mol. The van der Waals surface area contributed by atoms with Crippen molar-refractivity contribution >= 4 is 44.9 Å². The largest absolute Gasteiger partial charge is 0.309 e. The van der Waals surface area contributed by atoms with E-state index >= 15 is 4.57 Å². The zero-order valence-corrected chi connectivity index (χ0v) is 25.1. The summed E-state index contributed by atoms with van der Waals surface area (Å²) in [6.45, 7) is 0. The standard InChI is InChI=1S/C39H27N4OP/c44-45(30-19-9-3-10-20-30,31-21-11-4-12-22-31)32-25-26-36-34(27-32)33-23-13-14-24-35(33)43(36)39-41-37(28-15-5-1-6-16-28)40-38(42-39)29-17-7-2-8-18-29/h1-27H. The van der Waals surface area contributed by atoms with Crippen molar-refractivity contribution in [1.82, 2.24) is 19.5 Å². The summed E-state index contributed by atoms with van der Waals surface area (Å²) in [6, 6.07) is 53.9. The maximum Gasteiger partial charge on any atom is 0.238 e. The minimum Gasteiger partial charge on any atom is -0.309 e. The molecule has 214 valence electrons. The summed E-state index contributed by atoms with van der Waals surface area (Å²) < 4.78 is 17.3. The Balaban J connectivity index is 1.40. The molecule has 2 heterocycles. The smallest absolute Gasteiger partial charge is 0.238 e. The van der Waals surface area contributed by atoms with E-state index in [-0.39, 0.29) is 0 Å². The van der Waals surface area contributed by atoms with E-state index in [2.05, 4.69) is 28.8 Å². The van der Waals surface area contributed by atoms with Crippen LogP contribution >= 0.6 is 7.14 Å². The first-order chi connectivity index (χ1) is 22.2. The molecule has 6 aromatic carbocycles. The molecule has 0 saturated carbocycles. The second kappa shape index (κ2) is 11.1. The van der Waals surface area contributed by atoms with Gasteiger partial charge in [0, 0.05) is 37.8 Å². The summed E-state index contributed by atoms with van der Waals surface area (Å²) in [5, 5.41) is 4.40. The minimum atomic E-state index is -3.17. The van der Waals surface area contributed by atoms with E-state index in [4.69, 9.17) is 15.0 Å². The Bertz CT molecular complexity index is 2240. The van der Waals surface area contributed by atoms with Gasteiger partial charge in [-0.3, -0.25) is 4.57 Å². The van der Waals surface area contributed by atoms with Gasteiger partial charge in [0.1, 0.15) is 0 Å². The Hall–Kier alpha value is -5.64. The van der Waals surface area contributed by atoms with Crippen molar-refractivity contribution in [3.05, 3.63) is 164 Å². The van der Waals surface area contributed by atoms with E-state index in [0.29, 0.717) is 17.6 Å². The van der Waals surface area contributed by atoms with Crippen LogP contribution in [0, 0.1) is 0 Å².